The van der Waals surface area contributed by atoms with Crippen molar-refractivity contribution in [2.75, 3.05) is 32.8 Å². The Morgan fingerprint density at radius 2 is 1.68 bits per heavy atom. The van der Waals surface area contributed by atoms with Gasteiger partial charge >= 0.3 is 5.69 Å². The number of pyridine rings is 1. The summed E-state index contributed by atoms with van der Waals surface area (Å²) in [6.07, 6.45) is 3.41. The minimum Gasteiger partial charge on any atom is -0.379 e. The van der Waals surface area contributed by atoms with Crippen LogP contribution >= 0.6 is 0 Å². The molecule has 0 aliphatic carbocycles. The summed E-state index contributed by atoms with van der Waals surface area (Å²) in [5.41, 5.74) is 2.30. The van der Waals surface area contributed by atoms with Crippen molar-refractivity contribution < 1.29 is 4.74 Å². The van der Waals surface area contributed by atoms with Crippen molar-refractivity contribution in [1.29, 1.82) is 0 Å². The Morgan fingerprint density at radius 1 is 0.919 bits per heavy atom. The number of hydrogen-bond donors (Lipinski definition) is 0. The molecular weight excluding hydrogens is 468 g/mol. The predicted octanol–water partition coefficient (Wildman–Crippen LogP) is 2.49. The molecule has 0 saturated carbocycles. The van der Waals surface area contributed by atoms with Crippen LogP contribution in [0.4, 0.5) is 0 Å². The third-order valence-electron chi connectivity index (χ3n) is 7.12. The molecule has 0 N–H and O–H groups in total. The van der Waals surface area contributed by atoms with Gasteiger partial charge in [0.05, 0.1) is 25.5 Å². The molecule has 0 atom stereocenters. The Labute approximate surface area is 213 Å². The van der Waals surface area contributed by atoms with Crippen LogP contribution in [0.25, 0.3) is 33.1 Å². The van der Waals surface area contributed by atoms with Gasteiger partial charge in [-0.05, 0) is 28.5 Å². The van der Waals surface area contributed by atoms with E-state index in [0.717, 1.165) is 35.0 Å². The summed E-state index contributed by atoms with van der Waals surface area (Å²) in [5.74, 6) is 0. The molecule has 1 fully saturated rings. The molecule has 0 radical (unpaired) electrons. The van der Waals surface area contributed by atoms with E-state index in [4.69, 9.17) is 9.84 Å². The first-order valence-corrected chi connectivity index (χ1v) is 12.5. The molecule has 0 amide bonds. The van der Waals surface area contributed by atoms with E-state index in [2.05, 4.69) is 34.1 Å². The third kappa shape index (κ3) is 4.26. The maximum atomic E-state index is 13.5. The molecule has 1 aliphatic rings. The van der Waals surface area contributed by atoms with E-state index in [1.165, 1.54) is 11.6 Å². The van der Waals surface area contributed by atoms with E-state index < -0.39 is 0 Å². The van der Waals surface area contributed by atoms with Crippen molar-refractivity contribution in [2.24, 2.45) is 7.05 Å². The summed E-state index contributed by atoms with van der Waals surface area (Å²) in [4.78, 5) is 33.2. The van der Waals surface area contributed by atoms with E-state index in [1.54, 1.807) is 17.0 Å². The number of nitrogens with zero attached hydrogens (tertiary/aromatic N) is 6. The van der Waals surface area contributed by atoms with Crippen molar-refractivity contribution in [3.63, 3.8) is 0 Å². The molecule has 0 spiro atoms. The smallest absolute Gasteiger partial charge is 0.332 e. The Balaban J connectivity index is 1.54. The van der Waals surface area contributed by atoms with Crippen LogP contribution in [-0.4, -0.2) is 61.6 Å². The van der Waals surface area contributed by atoms with Crippen LogP contribution in [0.15, 0.2) is 76.6 Å². The van der Waals surface area contributed by atoms with Gasteiger partial charge in [-0.25, -0.2) is 4.79 Å². The molecule has 5 aromatic rings. The second-order valence-electron chi connectivity index (χ2n) is 9.33. The van der Waals surface area contributed by atoms with Crippen molar-refractivity contribution >= 4 is 21.8 Å². The highest BCUT2D eigenvalue weighted by Crippen LogP contribution is 2.28. The summed E-state index contributed by atoms with van der Waals surface area (Å²) >= 11 is 0. The zero-order chi connectivity index (χ0) is 25.4. The van der Waals surface area contributed by atoms with Gasteiger partial charge in [0.15, 0.2) is 5.65 Å². The third-order valence-corrected chi connectivity index (χ3v) is 7.12. The minimum absolute atomic E-state index is 0.349. The molecule has 37 heavy (non-hydrogen) atoms. The molecule has 1 aliphatic heterocycles. The number of rotatable bonds is 6. The highest BCUT2D eigenvalue weighted by Gasteiger charge is 2.23. The molecule has 2 aromatic carbocycles. The lowest BCUT2D eigenvalue weighted by molar-refractivity contribution is 0.0363. The maximum Gasteiger partial charge on any atom is 0.332 e. The number of benzene rings is 2. The van der Waals surface area contributed by atoms with Gasteiger partial charge in [0.25, 0.3) is 5.56 Å². The van der Waals surface area contributed by atoms with Crippen molar-refractivity contribution in [3.8, 4) is 11.3 Å². The quantitative estimate of drug-likeness (QED) is 0.359. The highest BCUT2D eigenvalue weighted by atomic mass is 16.5. The summed E-state index contributed by atoms with van der Waals surface area (Å²) in [7, 11) is 1.54. The number of aromatic nitrogens is 5. The fourth-order valence-electron chi connectivity index (χ4n) is 5.14. The van der Waals surface area contributed by atoms with E-state index in [1.807, 2.05) is 35.0 Å². The lowest BCUT2D eigenvalue weighted by Crippen LogP contribution is -2.42. The number of morpholine rings is 1. The normalized spacial score (nSPS) is 14.5. The zero-order valence-electron chi connectivity index (χ0n) is 20.7. The van der Waals surface area contributed by atoms with Gasteiger partial charge in [-0.1, -0.05) is 42.5 Å². The average Bonchev–Trinajstić information content (AvgIpc) is 3.32. The zero-order valence-corrected chi connectivity index (χ0v) is 20.7. The SMILES string of the molecule is Cn1c(=O)c2c(-c3ccncc3)n(Cc3cccc4ccccc34)nc2n(CCN2CCOCC2)c1=O. The molecule has 3 aromatic heterocycles. The molecular formula is C28H28N6O3. The first kappa shape index (κ1) is 23.3. The second kappa shape index (κ2) is 9.76. The van der Waals surface area contributed by atoms with Gasteiger partial charge in [0, 0.05) is 51.2 Å². The van der Waals surface area contributed by atoms with Crippen LogP contribution < -0.4 is 11.2 Å². The van der Waals surface area contributed by atoms with Gasteiger partial charge in [0.1, 0.15) is 5.39 Å². The number of fused-ring (bicyclic) bond motifs is 2. The van der Waals surface area contributed by atoms with Gasteiger partial charge < -0.3 is 4.74 Å². The van der Waals surface area contributed by atoms with Crippen LogP contribution in [-0.2, 0) is 24.9 Å². The van der Waals surface area contributed by atoms with Gasteiger partial charge in [-0.2, -0.15) is 5.10 Å². The Morgan fingerprint density at radius 3 is 2.49 bits per heavy atom. The Kier molecular flexibility index (Phi) is 6.15. The molecule has 9 nitrogen and oxygen atoms in total. The van der Waals surface area contributed by atoms with E-state index in [0.29, 0.717) is 49.6 Å². The topological polar surface area (TPSA) is 87.2 Å². The lowest BCUT2D eigenvalue weighted by Gasteiger charge is -2.26. The molecule has 1 saturated heterocycles. The van der Waals surface area contributed by atoms with Gasteiger partial charge in [-0.15, -0.1) is 0 Å². The molecule has 6 rings (SSSR count). The van der Waals surface area contributed by atoms with Crippen LogP contribution in [0.2, 0.25) is 0 Å². The summed E-state index contributed by atoms with van der Waals surface area (Å²) in [5, 5.41) is 7.63. The van der Waals surface area contributed by atoms with Crippen LogP contribution in [0, 0.1) is 0 Å². The fourth-order valence-corrected chi connectivity index (χ4v) is 5.14. The lowest BCUT2D eigenvalue weighted by atomic mass is 10.0. The minimum atomic E-state index is -0.359. The van der Waals surface area contributed by atoms with E-state index >= 15 is 0 Å². The number of hydrogen-bond acceptors (Lipinski definition) is 6. The predicted molar refractivity (Wildman–Crippen MR) is 143 cm³/mol. The average molecular weight is 497 g/mol. The van der Waals surface area contributed by atoms with E-state index in [9.17, 15) is 9.59 Å². The van der Waals surface area contributed by atoms with Crippen LogP contribution in [0.3, 0.4) is 0 Å². The first-order chi connectivity index (χ1) is 18.1. The molecule has 4 heterocycles. The van der Waals surface area contributed by atoms with Gasteiger partial charge in [-0.3, -0.25) is 28.5 Å². The summed E-state index contributed by atoms with van der Waals surface area (Å²) in [6.45, 7) is 4.58. The Bertz CT molecular complexity index is 1690. The first-order valence-electron chi connectivity index (χ1n) is 12.5. The van der Waals surface area contributed by atoms with Crippen LogP contribution in [0.5, 0.6) is 0 Å². The highest BCUT2D eigenvalue weighted by molar-refractivity contribution is 5.91. The van der Waals surface area contributed by atoms with Crippen molar-refractivity contribution in [2.45, 2.75) is 13.1 Å². The van der Waals surface area contributed by atoms with Crippen molar-refractivity contribution in [3.05, 3.63) is 93.4 Å². The second-order valence-corrected chi connectivity index (χ2v) is 9.33. The molecule has 0 unspecified atom stereocenters. The fraction of sp³-hybridized carbons (Fsp3) is 0.286. The Hall–Kier alpha value is -4.08. The molecule has 9 heteroatoms. The maximum absolute atomic E-state index is 13.5. The summed E-state index contributed by atoms with van der Waals surface area (Å²) in [6, 6.07) is 18.2. The van der Waals surface area contributed by atoms with Gasteiger partial charge in [0.2, 0.25) is 0 Å². The molecule has 0 bridgehead atoms. The van der Waals surface area contributed by atoms with Crippen LogP contribution in [0.1, 0.15) is 5.56 Å². The van der Waals surface area contributed by atoms with Crippen molar-refractivity contribution in [1.82, 2.24) is 28.8 Å². The standard InChI is InChI=1S/C28H28N6O3/c1-31-27(35)24-25(21-9-11-29-12-10-21)34(19-22-7-4-6-20-5-2-3-8-23(20)22)30-26(24)33(28(31)36)14-13-32-15-17-37-18-16-32/h2-12H,13-19H2,1H3. The molecule has 188 valence electrons. The van der Waals surface area contributed by atoms with E-state index in [-0.39, 0.29) is 11.2 Å². The largest absolute Gasteiger partial charge is 0.379 e. The monoisotopic (exact) mass is 496 g/mol. The number of ether oxygens (including phenoxy) is 1. The summed E-state index contributed by atoms with van der Waals surface area (Å²) < 4.78 is 10.1.